The van der Waals surface area contributed by atoms with Gasteiger partial charge in [0.2, 0.25) is 10.0 Å². The number of nitrogens with zero attached hydrogens (tertiary/aromatic N) is 3. The zero-order valence-electron chi connectivity index (χ0n) is 17.5. The molecule has 3 amide bonds. The molecule has 1 aromatic rings. The molecule has 0 saturated heterocycles. The Hall–Kier alpha value is -3.03. The van der Waals surface area contributed by atoms with Crippen molar-refractivity contribution in [2.45, 2.75) is 50.9 Å². The zero-order valence-corrected chi connectivity index (χ0v) is 18.3. The van der Waals surface area contributed by atoms with Gasteiger partial charge in [-0.1, -0.05) is 17.2 Å². The summed E-state index contributed by atoms with van der Waals surface area (Å²) in [5, 5.41) is 2.83. The van der Waals surface area contributed by atoms with Crippen molar-refractivity contribution in [1.82, 2.24) is 14.8 Å². The maximum Gasteiger partial charge on any atom is 0.502 e. The molecule has 9 nitrogen and oxygen atoms in total. The predicted octanol–water partition coefficient (Wildman–Crippen LogP) is 1.18. The molecular formula is C21H23N4O5S+. The SMILES string of the molecule is C#CC[N+]1=C2C=CC(S(=O)(=O)NC3(C)CC3)C=C2C(=O)N(Cc2c(C)noc2C)C1=O. The first-order valence-corrected chi connectivity index (χ1v) is 11.4. The van der Waals surface area contributed by atoms with Gasteiger partial charge in [-0.2, -0.15) is 14.3 Å². The second-order valence-electron chi connectivity index (χ2n) is 8.26. The van der Waals surface area contributed by atoms with Crippen LogP contribution >= 0.6 is 0 Å². The minimum atomic E-state index is -3.74. The van der Waals surface area contributed by atoms with Gasteiger partial charge < -0.3 is 4.52 Å². The third-order valence-electron chi connectivity index (χ3n) is 5.77. The van der Waals surface area contributed by atoms with Crippen LogP contribution < -0.4 is 4.72 Å². The fourth-order valence-electron chi connectivity index (χ4n) is 3.64. The first-order valence-electron chi connectivity index (χ1n) is 9.85. The van der Waals surface area contributed by atoms with E-state index in [1.807, 2.05) is 6.92 Å². The molecule has 1 saturated carbocycles. The summed E-state index contributed by atoms with van der Waals surface area (Å²) in [7, 11) is -3.74. The van der Waals surface area contributed by atoms with Gasteiger partial charge in [-0.05, 0) is 45.8 Å². The van der Waals surface area contributed by atoms with E-state index >= 15 is 0 Å². The van der Waals surface area contributed by atoms with Gasteiger partial charge in [-0.25, -0.2) is 17.9 Å². The van der Waals surface area contributed by atoms with Crippen LogP contribution in [0.2, 0.25) is 0 Å². The monoisotopic (exact) mass is 443 g/mol. The lowest BCUT2D eigenvalue weighted by Gasteiger charge is -2.26. The van der Waals surface area contributed by atoms with Crippen LogP contribution in [0.4, 0.5) is 4.79 Å². The molecule has 0 spiro atoms. The normalized spacial score (nSPS) is 22.3. The Bertz CT molecular complexity index is 1210. The van der Waals surface area contributed by atoms with E-state index in [1.165, 1.54) is 22.8 Å². The average molecular weight is 444 g/mol. The number of hydrogen-bond donors (Lipinski definition) is 1. The molecule has 3 aliphatic rings. The number of aryl methyl sites for hydroxylation is 2. The van der Waals surface area contributed by atoms with Crippen molar-refractivity contribution in [2.75, 3.05) is 6.54 Å². The number of terminal acetylenes is 1. The molecule has 0 bridgehead atoms. The number of hydrogen-bond acceptors (Lipinski definition) is 6. The Kier molecular flexibility index (Phi) is 4.98. The molecule has 1 N–H and O–H groups in total. The van der Waals surface area contributed by atoms with Crippen molar-refractivity contribution >= 4 is 27.7 Å². The molecular weight excluding hydrogens is 420 g/mol. The summed E-state index contributed by atoms with van der Waals surface area (Å²) < 4.78 is 34.8. The number of allylic oxidation sites excluding steroid dienone is 1. The first-order chi connectivity index (χ1) is 14.6. The summed E-state index contributed by atoms with van der Waals surface area (Å²) >= 11 is 0. The molecule has 1 atom stereocenters. The third kappa shape index (κ3) is 3.75. The molecule has 162 valence electrons. The quantitative estimate of drug-likeness (QED) is 0.522. The smallest absolute Gasteiger partial charge is 0.361 e. The van der Waals surface area contributed by atoms with Crippen molar-refractivity contribution in [3.05, 3.63) is 40.8 Å². The van der Waals surface area contributed by atoms with Crippen molar-refractivity contribution in [3.63, 3.8) is 0 Å². The average Bonchev–Trinajstić information content (AvgIpc) is 3.35. The van der Waals surface area contributed by atoms with Gasteiger partial charge in [0.15, 0.2) is 6.54 Å². The highest BCUT2D eigenvalue weighted by Crippen LogP contribution is 2.36. The van der Waals surface area contributed by atoms with Crippen LogP contribution in [-0.2, 0) is 21.4 Å². The van der Waals surface area contributed by atoms with Crippen molar-refractivity contribution < 1.29 is 27.1 Å². The maximum atomic E-state index is 13.3. The summed E-state index contributed by atoms with van der Waals surface area (Å²) in [4.78, 5) is 27.4. The lowest BCUT2D eigenvalue weighted by molar-refractivity contribution is -0.422. The topological polar surface area (TPSA) is 113 Å². The third-order valence-corrected chi connectivity index (χ3v) is 7.56. The number of fused-ring (bicyclic) bond motifs is 1. The summed E-state index contributed by atoms with van der Waals surface area (Å²) in [6, 6.07) is -0.579. The minimum absolute atomic E-state index is 0.0536. The standard InChI is InChI=1S/C21H23N4O5S/c1-5-10-24-18-7-6-15(31(28,29)23-21(4)8-9-21)11-16(18)19(26)25(20(24)27)12-17-13(2)22-30-14(17)3/h1,6-7,11,15,23H,8-10,12H2,2-4H3/q+1. The van der Waals surface area contributed by atoms with Crippen molar-refractivity contribution in [1.29, 1.82) is 0 Å². The Morgan fingerprint density at radius 2 is 2.10 bits per heavy atom. The predicted molar refractivity (Wildman–Crippen MR) is 112 cm³/mol. The molecule has 1 unspecified atom stereocenters. The Morgan fingerprint density at radius 3 is 2.68 bits per heavy atom. The number of carbonyl (C=O) groups is 2. The summed E-state index contributed by atoms with van der Waals surface area (Å²) in [5.41, 5.74) is 1.17. The molecule has 10 heteroatoms. The van der Waals surface area contributed by atoms with Gasteiger partial charge in [-0.3, -0.25) is 0 Å². The number of aromatic nitrogens is 1. The van der Waals surface area contributed by atoms with Gasteiger partial charge in [0, 0.05) is 5.54 Å². The minimum Gasteiger partial charge on any atom is -0.361 e. The summed E-state index contributed by atoms with van der Waals surface area (Å²) in [6.45, 7) is 5.14. The van der Waals surface area contributed by atoms with Crippen molar-refractivity contribution in [2.24, 2.45) is 0 Å². The summed E-state index contributed by atoms with van der Waals surface area (Å²) in [5.74, 6) is 2.33. The van der Waals surface area contributed by atoms with E-state index in [9.17, 15) is 18.0 Å². The Balaban J connectivity index is 1.74. The van der Waals surface area contributed by atoms with E-state index in [1.54, 1.807) is 13.8 Å². The van der Waals surface area contributed by atoms with Gasteiger partial charge in [0.25, 0.3) is 0 Å². The number of rotatable bonds is 6. The molecule has 31 heavy (non-hydrogen) atoms. The first kappa shape index (κ1) is 21.2. The van der Waals surface area contributed by atoms with E-state index < -0.39 is 32.8 Å². The number of amides is 3. The highest BCUT2D eigenvalue weighted by atomic mass is 32.2. The van der Waals surface area contributed by atoms with Gasteiger partial charge in [0.1, 0.15) is 28.8 Å². The van der Waals surface area contributed by atoms with Crippen LogP contribution in [0.3, 0.4) is 0 Å². The molecule has 0 aromatic carbocycles. The van der Waals surface area contributed by atoms with Crippen LogP contribution in [-0.4, -0.2) is 58.0 Å². The van der Waals surface area contributed by atoms with E-state index in [4.69, 9.17) is 10.9 Å². The van der Waals surface area contributed by atoms with Crippen LogP contribution in [0.25, 0.3) is 0 Å². The van der Waals surface area contributed by atoms with E-state index in [0.717, 1.165) is 17.7 Å². The molecule has 0 radical (unpaired) electrons. The second-order valence-corrected chi connectivity index (χ2v) is 10.1. The van der Waals surface area contributed by atoms with Gasteiger partial charge in [-0.15, -0.1) is 6.42 Å². The Labute approximate surface area is 180 Å². The molecule has 4 rings (SSSR count). The highest BCUT2D eigenvalue weighted by Gasteiger charge is 2.48. The number of carbonyl (C=O) groups excluding carboxylic acids is 2. The van der Waals surface area contributed by atoms with Crippen LogP contribution in [0, 0.1) is 26.2 Å². The van der Waals surface area contributed by atoms with Gasteiger partial charge >= 0.3 is 11.9 Å². The van der Waals surface area contributed by atoms with E-state index in [2.05, 4.69) is 15.8 Å². The lowest BCUT2D eigenvalue weighted by Crippen LogP contribution is -2.52. The van der Waals surface area contributed by atoms with E-state index in [0.29, 0.717) is 22.7 Å². The molecule has 1 aliphatic heterocycles. The van der Waals surface area contributed by atoms with E-state index in [-0.39, 0.29) is 18.7 Å². The fourth-order valence-corrected chi connectivity index (χ4v) is 5.27. The lowest BCUT2D eigenvalue weighted by atomic mass is 9.99. The van der Waals surface area contributed by atoms with Crippen LogP contribution in [0.15, 0.2) is 28.3 Å². The molecule has 2 aliphatic carbocycles. The number of sulfonamides is 1. The number of imide groups is 1. The highest BCUT2D eigenvalue weighted by molar-refractivity contribution is 7.90. The maximum absolute atomic E-state index is 13.3. The summed E-state index contributed by atoms with van der Waals surface area (Å²) in [6.07, 6.45) is 11.3. The Morgan fingerprint density at radius 1 is 1.39 bits per heavy atom. The molecule has 2 heterocycles. The van der Waals surface area contributed by atoms with Gasteiger partial charge in [0.05, 0.1) is 11.3 Å². The molecule has 1 aromatic heterocycles. The van der Waals surface area contributed by atoms with Crippen LogP contribution in [0.1, 0.15) is 36.8 Å². The number of urea groups is 1. The molecule has 1 fully saturated rings. The van der Waals surface area contributed by atoms with Crippen LogP contribution in [0.5, 0.6) is 0 Å². The largest absolute Gasteiger partial charge is 0.502 e. The second kappa shape index (κ2) is 7.28. The van der Waals surface area contributed by atoms with Crippen molar-refractivity contribution in [3.8, 4) is 12.3 Å². The fraction of sp³-hybridized carbons (Fsp3) is 0.429. The number of nitrogens with one attached hydrogen (secondary N) is 1. The zero-order chi connectivity index (χ0) is 22.6.